The summed E-state index contributed by atoms with van der Waals surface area (Å²) in [7, 11) is 0. The highest BCUT2D eigenvalue weighted by atomic mass is 32.2. The second-order valence-electron chi connectivity index (χ2n) is 6.06. The van der Waals surface area contributed by atoms with Crippen LogP contribution in [0.4, 0.5) is 4.79 Å². The fourth-order valence-electron chi connectivity index (χ4n) is 1.05. The van der Waals surface area contributed by atoms with Crippen molar-refractivity contribution in [2.75, 3.05) is 12.5 Å². The summed E-state index contributed by atoms with van der Waals surface area (Å²) in [6.07, 6.45) is 0. The minimum atomic E-state index is -1.25. The molecule has 0 unspecified atom stereocenters. The second-order valence-corrected chi connectivity index (χ2v) is 7.01. The lowest BCUT2D eigenvalue weighted by molar-refractivity contribution is -0.160. The Labute approximate surface area is 139 Å². The van der Waals surface area contributed by atoms with Gasteiger partial charge in [-0.2, -0.15) is 0 Å². The van der Waals surface area contributed by atoms with Crippen LogP contribution in [0.25, 0.3) is 0 Å². The summed E-state index contributed by atoms with van der Waals surface area (Å²) in [6.45, 7) is 7.67. The molecule has 0 heterocycles. The van der Waals surface area contributed by atoms with E-state index in [0.717, 1.165) is 0 Å². The van der Waals surface area contributed by atoms with E-state index in [0.29, 0.717) is 11.8 Å². The average molecular weight is 349 g/mol. The molecule has 0 aromatic rings. The van der Waals surface area contributed by atoms with Gasteiger partial charge < -0.3 is 19.9 Å². The molecule has 0 aromatic carbocycles. The van der Waals surface area contributed by atoms with E-state index in [-0.39, 0.29) is 11.7 Å². The van der Waals surface area contributed by atoms with Crippen LogP contribution in [0.5, 0.6) is 0 Å². The zero-order valence-electron chi connectivity index (χ0n) is 13.9. The standard InChI is InChI=1S/C14H23NO7S/c1-8(2)10(16)15-9(11(17)18)6-23-13(20)22-7-21-12(19)14(3,4)5/h8-9H,6-7H2,1-5H3,(H,15,16)(H,17,18)/t9-/m0/s1. The summed E-state index contributed by atoms with van der Waals surface area (Å²) in [6, 6.07) is -1.21. The maximum atomic E-state index is 11.5. The smallest absolute Gasteiger partial charge is 0.370 e. The Morgan fingerprint density at radius 3 is 2.13 bits per heavy atom. The number of amides is 1. The lowest BCUT2D eigenvalue weighted by atomic mass is 9.98. The monoisotopic (exact) mass is 349 g/mol. The molecular formula is C14H23NO7S. The van der Waals surface area contributed by atoms with Crippen molar-refractivity contribution in [1.82, 2.24) is 5.32 Å². The van der Waals surface area contributed by atoms with Crippen LogP contribution in [0.2, 0.25) is 0 Å². The van der Waals surface area contributed by atoms with Crippen LogP contribution in [0.3, 0.4) is 0 Å². The zero-order valence-corrected chi connectivity index (χ0v) is 14.7. The van der Waals surface area contributed by atoms with Crippen molar-refractivity contribution in [3.8, 4) is 0 Å². The van der Waals surface area contributed by atoms with E-state index >= 15 is 0 Å². The Kier molecular flexibility index (Phi) is 8.66. The molecular weight excluding hydrogens is 326 g/mol. The number of aliphatic carboxylic acids is 1. The van der Waals surface area contributed by atoms with Crippen LogP contribution < -0.4 is 5.32 Å². The van der Waals surface area contributed by atoms with Crippen LogP contribution in [0, 0.1) is 11.3 Å². The van der Waals surface area contributed by atoms with Crippen molar-refractivity contribution >= 4 is 34.9 Å². The number of rotatable bonds is 7. The first-order valence-electron chi connectivity index (χ1n) is 6.95. The first-order chi connectivity index (χ1) is 10.4. The molecule has 0 bridgehead atoms. The zero-order chi connectivity index (χ0) is 18.2. The summed E-state index contributed by atoms with van der Waals surface area (Å²) < 4.78 is 9.41. The molecule has 0 aliphatic heterocycles. The molecule has 0 saturated carbocycles. The van der Waals surface area contributed by atoms with Gasteiger partial charge in [0.25, 0.3) is 0 Å². The van der Waals surface area contributed by atoms with Gasteiger partial charge in [0, 0.05) is 11.7 Å². The number of carboxylic acid groups (broad SMARTS) is 1. The van der Waals surface area contributed by atoms with Gasteiger partial charge in [0.15, 0.2) is 0 Å². The molecule has 0 saturated heterocycles. The van der Waals surface area contributed by atoms with Crippen LogP contribution >= 0.6 is 11.8 Å². The lowest BCUT2D eigenvalue weighted by Gasteiger charge is -2.17. The molecule has 0 spiro atoms. The van der Waals surface area contributed by atoms with Crippen molar-refractivity contribution in [2.24, 2.45) is 11.3 Å². The highest BCUT2D eigenvalue weighted by molar-refractivity contribution is 8.13. The summed E-state index contributed by atoms with van der Waals surface area (Å²) in [5, 5.41) is 10.5. The van der Waals surface area contributed by atoms with Gasteiger partial charge in [0.2, 0.25) is 12.7 Å². The first-order valence-corrected chi connectivity index (χ1v) is 7.93. The van der Waals surface area contributed by atoms with E-state index in [2.05, 4.69) is 10.1 Å². The number of ether oxygens (including phenoxy) is 2. The van der Waals surface area contributed by atoms with Gasteiger partial charge in [0.05, 0.1) is 5.41 Å². The molecule has 2 N–H and O–H groups in total. The van der Waals surface area contributed by atoms with Crippen LogP contribution in [-0.2, 0) is 23.9 Å². The molecule has 8 nitrogen and oxygen atoms in total. The molecule has 1 amide bonds. The lowest BCUT2D eigenvalue weighted by Crippen LogP contribution is -2.44. The Morgan fingerprint density at radius 2 is 1.70 bits per heavy atom. The van der Waals surface area contributed by atoms with E-state index in [1.807, 2.05) is 0 Å². The topological polar surface area (TPSA) is 119 Å². The van der Waals surface area contributed by atoms with Gasteiger partial charge >= 0.3 is 17.2 Å². The number of carboxylic acids is 1. The number of carbonyl (C=O) groups is 4. The number of thioether (sulfide) groups is 1. The highest BCUT2D eigenvalue weighted by Gasteiger charge is 2.25. The number of hydrogen-bond acceptors (Lipinski definition) is 7. The summed E-state index contributed by atoms with van der Waals surface area (Å²) in [5.74, 6) is -2.77. The van der Waals surface area contributed by atoms with Gasteiger partial charge in [-0.05, 0) is 32.5 Å². The van der Waals surface area contributed by atoms with E-state index < -0.39 is 41.4 Å². The molecule has 0 fully saturated rings. The van der Waals surface area contributed by atoms with E-state index in [4.69, 9.17) is 9.84 Å². The predicted molar refractivity (Wildman–Crippen MR) is 83.8 cm³/mol. The van der Waals surface area contributed by atoms with Crippen molar-refractivity contribution in [3.05, 3.63) is 0 Å². The summed E-state index contributed by atoms with van der Waals surface area (Å²) in [5.41, 5.74) is -0.713. The van der Waals surface area contributed by atoms with E-state index in [1.165, 1.54) is 0 Å². The number of esters is 1. The van der Waals surface area contributed by atoms with E-state index in [1.54, 1.807) is 34.6 Å². The molecule has 9 heteroatoms. The molecule has 0 aromatic heterocycles. The maximum absolute atomic E-state index is 11.5. The number of hydrogen-bond donors (Lipinski definition) is 2. The largest absolute Gasteiger partial charge is 0.480 e. The van der Waals surface area contributed by atoms with Crippen molar-refractivity contribution in [1.29, 1.82) is 0 Å². The molecule has 0 rings (SSSR count). The molecule has 0 aliphatic carbocycles. The van der Waals surface area contributed by atoms with Crippen LogP contribution in [-0.4, -0.2) is 46.8 Å². The number of nitrogens with one attached hydrogen (secondary N) is 1. The van der Waals surface area contributed by atoms with Crippen LogP contribution in [0.15, 0.2) is 0 Å². The third kappa shape index (κ3) is 9.07. The minimum Gasteiger partial charge on any atom is -0.480 e. The van der Waals surface area contributed by atoms with Gasteiger partial charge in [-0.3, -0.25) is 9.59 Å². The van der Waals surface area contributed by atoms with Crippen LogP contribution in [0.1, 0.15) is 34.6 Å². The minimum absolute atomic E-state index is 0.195. The maximum Gasteiger partial charge on any atom is 0.370 e. The summed E-state index contributed by atoms with van der Waals surface area (Å²) in [4.78, 5) is 45.4. The fraction of sp³-hybridized carbons (Fsp3) is 0.714. The van der Waals surface area contributed by atoms with Gasteiger partial charge in [0.1, 0.15) is 6.04 Å². The Morgan fingerprint density at radius 1 is 1.13 bits per heavy atom. The Bertz CT molecular complexity index is 457. The molecule has 0 radical (unpaired) electrons. The SMILES string of the molecule is CC(C)C(=O)N[C@@H](CSC(=O)OCOC(=O)C(C)(C)C)C(=O)O. The number of carbonyl (C=O) groups excluding carboxylic acids is 3. The third-order valence-electron chi connectivity index (χ3n) is 2.49. The Hall–Kier alpha value is -1.77. The average Bonchev–Trinajstić information content (AvgIpc) is 2.41. The molecule has 0 aliphatic rings. The van der Waals surface area contributed by atoms with Crippen molar-refractivity contribution < 1.29 is 33.8 Å². The molecule has 132 valence electrons. The normalized spacial score (nSPS) is 12.4. The molecule has 23 heavy (non-hydrogen) atoms. The summed E-state index contributed by atoms with van der Waals surface area (Å²) >= 11 is 0.578. The Balaban J connectivity index is 4.21. The quantitative estimate of drug-likeness (QED) is 0.526. The van der Waals surface area contributed by atoms with Crippen molar-refractivity contribution in [3.63, 3.8) is 0 Å². The van der Waals surface area contributed by atoms with Gasteiger partial charge in [-0.1, -0.05) is 13.8 Å². The second kappa shape index (κ2) is 9.39. The van der Waals surface area contributed by atoms with Gasteiger partial charge in [-0.15, -0.1) is 0 Å². The van der Waals surface area contributed by atoms with Crippen molar-refractivity contribution in [2.45, 2.75) is 40.7 Å². The predicted octanol–water partition coefficient (Wildman–Crippen LogP) is 1.63. The van der Waals surface area contributed by atoms with E-state index in [9.17, 15) is 19.2 Å². The van der Waals surface area contributed by atoms with Gasteiger partial charge in [-0.25, -0.2) is 9.59 Å². The third-order valence-corrected chi connectivity index (χ3v) is 3.34. The highest BCUT2D eigenvalue weighted by Crippen LogP contribution is 2.15. The first kappa shape index (κ1) is 21.2. The fourth-order valence-corrected chi connectivity index (χ4v) is 1.71. The molecule has 1 atom stereocenters.